The van der Waals surface area contributed by atoms with Crippen molar-refractivity contribution in [1.29, 1.82) is 0 Å². The molecule has 6 aromatic rings. The molecule has 0 saturated heterocycles. The van der Waals surface area contributed by atoms with E-state index >= 15 is 0 Å². The third-order valence-electron chi connectivity index (χ3n) is 8.43. The Labute approximate surface area is 262 Å². The number of hydrogen-bond donors (Lipinski definition) is 0. The standard InChI is InChI=1S/C42H40N2/c1-5-33-17-27-41(31(3)29-33)43(37-13-9-7-10-14-37)39-23-19-35(20-24-39)36-21-25-40(26-22-36)44(38-15-11-8-12-16-38)42-28-18-34(6-2)30-32(42)4/h7-30H,5-6H2,1-4H3. The lowest BCUT2D eigenvalue weighted by molar-refractivity contribution is 1.12. The predicted octanol–water partition coefficient (Wildman–Crippen LogP) is 12.0. The normalized spacial score (nSPS) is 10.9. The van der Waals surface area contributed by atoms with Gasteiger partial charge in [-0.1, -0.05) is 98.8 Å². The van der Waals surface area contributed by atoms with Gasteiger partial charge in [0.25, 0.3) is 0 Å². The fourth-order valence-electron chi connectivity index (χ4n) is 5.99. The molecule has 2 heteroatoms. The Kier molecular flexibility index (Phi) is 8.61. The Morgan fingerprint density at radius 2 is 0.727 bits per heavy atom. The van der Waals surface area contributed by atoms with E-state index in [9.17, 15) is 0 Å². The van der Waals surface area contributed by atoms with Crippen LogP contribution in [0, 0.1) is 13.8 Å². The maximum Gasteiger partial charge on any atom is 0.0490 e. The van der Waals surface area contributed by atoms with Crippen LogP contribution in [0.2, 0.25) is 0 Å². The van der Waals surface area contributed by atoms with Crippen molar-refractivity contribution in [3.63, 3.8) is 0 Å². The van der Waals surface area contributed by atoms with Gasteiger partial charge in [0.1, 0.15) is 0 Å². The molecule has 0 saturated carbocycles. The summed E-state index contributed by atoms with van der Waals surface area (Å²) in [6.45, 7) is 8.83. The Morgan fingerprint density at radius 3 is 1.05 bits per heavy atom. The van der Waals surface area contributed by atoms with E-state index in [0.29, 0.717) is 0 Å². The van der Waals surface area contributed by atoms with Crippen LogP contribution in [0.4, 0.5) is 34.1 Å². The molecule has 0 aliphatic rings. The number of rotatable bonds is 9. The summed E-state index contributed by atoms with van der Waals surface area (Å²) in [4.78, 5) is 4.71. The van der Waals surface area contributed by atoms with Crippen LogP contribution in [0.1, 0.15) is 36.1 Å². The molecule has 0 aromatic heterocycles. The average Bonchev–Trinajstić information content (AvgIpc) is 3.08. The first kappa shape index (κ1) is 29.0. The number of hydrogen-bond acceptors (Lipinski definition) is 2. The second-order valence-corrected chi connectivity index (χ2v) is 11.4. The van der Waals surface area contributed by atoms with Crippen LogP contribution in [0.15, 0.2) is 146 Å². The summed E-state index contributed by atoms with van der Waals surface area (Å²) in [6, 6.07) is 52.7. The van der Waals surface area contributed by atoms with E-state index in [1.165, 1.54) is 44.8 Å². The molecule has 0 bridgehead atoms. The van der Waals surface area contributed by atoms with E-state index in [2.05, 4.69) is 183 Å². The van der Waals surface area contributed by atoms with Crippen LogP contribution in [-0.2, 0) is 12.8 Å². The van der Waals surface area contributed by atoms with Crippen molar-refractivity contribution in [1.82, 2.24) is 0 Å². The highest BCUT2D eigenvalue weighted by Crippen LogP contribution is 2.39. The summed E-state index contributed by atoms with van der Waals surface area (Å²) < 4.78 is 0. The van der Waals surface area contributed by atoms with Gasteiger partial charge >= 0.3 is 0 Å². The molecule has 0 radical (unpaired) electrons. The molecular weight excluding hydrogens is 532 g/mol. The van der Waals surface area contributed by atoms with Gasteiger partial charge in [-0.2, -0.15) is 0 Å². The molecule has 0 aliphatic carbocycles. The second-order valence-electron chi connectivity index (χ2n) is 11.4. The molecule has 0 fully saturated rings. The molecule has 2 nitrogen and oxygen atoms in total. The van der Waals surface area contributed by atoms with Gasteiger partial charge in [0.15, 0.2) is 0 Å². The van der Waals surface area contributed by atoms with Crippen molar-refractivity contribution in [2.24, 2.45) is 0 Å². The van der Waals surface area contributed by atoms with Crippen LogP contribution in [0.5, 0.6) is 0 Å². The van der Waals surface area contributed by atoms with E-state index in [1.54, 1.807) is 0 Å². The summed E-state index contributed by atoms with van der Waals surface area (Å²) in [5, 5.41) is 0. The Morgan fingerprint density at radius 1 is 0.386 bits per heavy atom. The van der Waals surface area contributed by atoms with Gasteiger partial charge in [-0.3, -0.25) is 0 Å². The zero-order valence-electron chi connectivity index (χ0n) is 26.2. The predicted molar refractivity (Wildman–Crippen MR) is 189 cm³/mol. The lowest BCUT2D eigenvalue weighted by Gasteiger charge is -2.28. The summed E-state index contributed by atoms with van der Waals surface area (Å²) in [5.41, 5.74) is 14.7. The second kappa shape index (κ2) is 13.1. The zero-order valence-corrected chi connectivity index (χ0v) is 26.2. The third kappa shape index (κ3) is 6.02. The minimum absolute atomic E-state index is 1.04. The number of benzene rings is 6. The molecule has 0 N–H and O–H groups in total. The van der Waals surface area contributed by atoms with Crippen molar-refractivity contribution in [2.75, 3.05) is 9.80 Å². The fraction of sp³-hybridized carbons (Fsp3) is 0.143. The monoisotopic (exact) mass is 572 g/mol. The Bertz CT molecular complexity index is 1680. The molecule has 0 aliphatic heterocycles. The quantitative estimate of drug-likeness (QED) is 0.170. The van der Waals surface area contributed by atoms with Crippen molar-refractivity contribution < 1.29 is 0 Å². The van der Waals surface area contributed by atoms with Crippen molar-refractivity contribution in [2.45, 2.75) is 40.5 Å². The van der Waals surface area contributed by atoms with Gasteiger partial charge in [0, 0.05) is 34.1 Å². The minimum atomic E-state index is 1.04. The molecule has 0 atom stereocenters. The van der Waals surface area contributed by atoms with Crippen molar-refractivity contribution in [3.8, 4) is 11.1 Å². The SMILES string of the molecule is CCc1ccc(N(c2ccccc2)c2ccc(-c3ccc(N(c4ccccc4)c4ccc(CC)cc4C)cc3)cc2)c(C)c1. The molecular formula is C42H40N2. The summed E-state index contributed by atoms with van der Waals surface area (Å²) in [6.07, 6.45) is 2.07. The van der Waals surface area contributed by atoms with E-state index in [-0.39, 0.29) is 0 Å². The molecule has 0 amide bonds. The number of para-hydroxylation sites is 2. The van der Waals surface area contributed by atoms with E-state index in [4.69, 9.17) is 0 Å². The topological polar surface area (TPSA) is 6.48 Å². The van der Waals surface area contributed by atoms with Crippen LogP contribution in [0.25, 0.3) is 11.1 Å². The first-order valence-corrected chi connectivity index (χ1v) is 15.7. The summed E-state index contributed by atoms with van der Waals surface area (Å²) in [7, 11) is 0. The third-order valence-corrected chi connectivity index (χ3v) is 8.43. The summed E-state index contributed by atoms with van der Waals surface area (Å²) in [5.74, 6) is 0. The van der Waals surface area contributed by atoms with Crippen molar-refractivity contribution in [3.05, 3.63) is 168 Å². The highest BCUT2D eigenvalue weighted by molar-refractivity contribution is 5.82. The zero-order chi connectivity index (χ0) is 30.5. The largest absolute Gasteiger partial charge is 0.310 e. The van der Waals surface area contributed by atoms with Gasteiger partial charge in [-0.05, 0) is 121 Å². The maximum absolute atomic E-state index is 2.35. The van der Waals surface area contributed by atoms with Gasteiger partial charge in [0.05, 0.1) is 0 Å². The number of aryl methyl sites for hydroxylation is 4. The molecule has 0 unspecified atom stereocenters. The van der Waals surface area contributed by atoms with Gasteiger partial charge in [-0.15, -0.1) is 0 Å². The number of nitrogens with zero attached hydrogens (tertiary/aromatic N) is 2. The van der Waals surface area contributed by atoms with Crippen LogP contribution < -0.4 is 9.80 Å². The molecule has 0 heterocycles. The molecule has 218 valence electrons. The maximum atomic E-state index is 2.35. The Hall–Kier alpha value is -5.08. The molecule has 6 rings (SSSR count). The lowest BCUT2D eigenvalue weighted by atomic mass is 10.0. The molecule has 0 spiro atoms. The minimum Gasteiger partial charge on any atom is -0.310 e. The van der Waals surface area contributed by atoms with Gasteiger partial charge in [0.2, 0.25) is 0 Å². The Balaban J connectivity index is 1.33. The van der Waals surface area contributed by atoms with E-state index in [1.807, 2.05) is 0 Å². The first-order chi connectivity index (χ1) is 21.6. The molecule has 6 aromatic carbocycles. The van der Waals surface area contributed by atoms with E-state index in [0.717, 1.165) is 35.6 Å². The molecule has 44 heavy (non-hydrogen) atoms. The summed E-state index contributed by atoms with van der Waals surface area (Å²) >= 11 is 0. The highest BCUT2D eigenvalue weighted by atomic mass is 15.1. The average molecular weight is 573 g/mol. The van der Waals surface area contributed by atoms with Crippen LogP contribution in [-0.4, -0.2) is 0 Å². The lowest BCUT2D eigenvalue weighted by Crippen LogP contribution is -2.11. The smallest absolute Gasteiger partial charge is 0.0490 e. The van der Waals surface area contributed by atoms with Gasteiger partial charge < -0.3 is 9.80 Å². The fourth-order valence-corrected chi connectivity index (χ4v) is 5.99. The number of anilines is 6. The van der Waals surface area contributed by atoms with Gasteiger partial charge in [-0.25, -0.2) is 0 Å². The van der Waals surface area contributed by atoms with Crippen LogP contribution >= 0.6 is 0 Å². The van der Waals surface area contributed by atoms with Crippen molar-refractivity contribution >= 4 is 34.1 Å². The van der Waals surface area contributed by atoms with E-state index < -0.39 is 0 Å². The first-order valence-electron chi connectivity index (χ1n) is 15.7. The highest BCUT2D eigenvalue weighted by Gasteiger charge is 2.17. The van der Waals surface area contributed by atoms with Crippen LogP contribution in [0.3, 0.4) is 0 Å².